The van der Waals surface area contributed by atoms with Gasteiger partial charge >= 0.3 is 0 Å². The molecule has 3 nitrogen and oxygen atoms in total. The van der Waals surface area contributed by atoms with Crippen LogP contribution < -0.4 is 14.8 Å². The Bertz CT molecular complexity index is 361. The van der Waals surface area contributed by atoms with Crippen LogP contribution in [0.1, 0.15) is 19.4 Å². The Morgan fingerprint density at radius 2 is 2.18 bits per heavy atom. The van der Waals surface area contributed by atoms with Gasteiger partial charge in [0.15, 0.2) is 11.5 Å². The van der Waals surface area contributed by atoms with Gasteiger partial charge < -0.3 is 14.8 Å². The van der Waals surface area contributed by atoms with Crippen molar-refractivity contribution in [2.45, 2.75) is 26.4 Å². The molecule has 0 aliphatic rings. The Labute approximate surface area is 103 Å². The lowest BCUT2D eigenvalue weighted by Gasteiger charge is -2.15. The maximum Gasteiger partial charge on any atom is 0.166 e. The molecule has 0 atom stereocenters. The summed E-state index contributed by atoms with van der Waals surface area (Å²) in [5.74, 6) is 1.55. The lowest BCUT2D eigenvalue weighted by Crippen LogP contribution is -2.22. The quantitative estimate of drug-likeness (QED) is 0.737. The first-order valence-electron chi connectivity index (χ1n) is 5.82. The zero-order valence-corrected chi connectivity index (χ0v) is 10.8. The second-order valence-corrected chi connectivity index (χ2v) is 4.08. The van der Waals surface area contributed by atoms with Crippen molar-refractivity contribution in [2.24, 2.45) is 0 Å². The normalized spacial score (nSPS) is 10.4. The largest absolute Gasteiger partial charge is 0.493 e. The summed E-state index contributed by atoms with van der Waals surface area (Å²) in [6, 6.07) is 6.35. The first-order chi connectivity index (χ1) is 8.19. The number of benzene rings is 1. The molecule has 1 N–H and O–H groups in total. The third kappa shape index (κ3) is 4.11. The fourth-order valence-electron chi connectivity index (χ4n) is 1.48. The van der Waals surface area contributed by atoms with E-state index >= 15 is 0 Å². The predicted molar refractivity (Wildman–Crippen MR) is 70.7 cm³/mol. The molecule has 0 radical (unpaired) electrons. The summed E-state index contributed by atoms with van der Waals surface area (Å²) in [4.78, 5) is 0. The molecule has 0 saturated carbocycles. The van der Waals surface area contributed by atoms with Crippen LogP contribution in [0.3, 0.4) is 0 Å². The zero-order chi connectivity index (χ0) is 12.7. The van der Waals surface area contributed by atoms with Crippen LogP contribution in [-0.2, 0) is 6.54 Å². The molecular formula is C14H21NO2. The molecule has 0 saturated heterocycles. The summed E-state index contributed by atoms with van der Waals surface area (Å²) in [5.41, 5.74) is 1.10. The highest BCUT2D eigenvalue weighted by Gasteiger charge is 2.10. The van der Waals surface area contributed by atoms with Crippen molar-refractivity contribution in [3.8, 4) is 11.5 Å². The lowest BCUT2D eigenvalue weighted by atomic mass is 10.1. The highest BCUT2D eigenvalue weighted by Crippen LogP contribution is 2.31. The molecule has 0 unspecified atom stereocenters. The number of ether oxygens (including phenoxy) is 2. The van der Waals surface area contributed by atoms with Gasteiger partial charge in [0.25, 0.3) is 0 Å². The molecule has 17 heavy (non-hydrogen) atoms. The van der Waals surface area contributed by atoms with E-state index in [4.69, 9.17) is 9.47 Å². The summed E-state index contributed by atoms with van der Waals surface area (Å²) in [6.07, 6.45) is 1.73. The number of para-hydroxylation sites is 1. The van der Waals surface area contributed by atoms with Crippen LogP contribution in [0.5, 0.6) is 11.5 Å². The van der Waals surface area contributed by atoms with E-state index in [1.54, 1.807) is 13.2 Å². The fraction of sp³-hybridized carbons (Fsp3) is 0.429. The Morgan fingerprint density at radius 1 is 1.41 bits per heavy atom. The van der Waals surface area contributed by atoms with E-state index in [-0.39, 0.29) is 0 Å². The van der Waals surface area contributed by atoms with Gasteiger partial charge in [-0.15, -0.1) is 0 Å². The second kappa shape index (κ2) is 6.97. The van der Waals surface area contributed by atoms with E-state index in [0.29, 0.717) is 12.6 Å². The van der Waals surface area contributed by atoms with Crippen LogP contribution in [0, 0.1) is 0 Å². The number of hydrogen-bond acceptors (Lipinski definition) is 3. The number of nitrogens with one attached hydrogen (secondary N) is 1. The summed E-state index contributed by atoms with van der Waals surface area (Å²) in [6.45, 7) is 9.13. The van der Waals surface area contributed by atoms with E-state index < -0.39 is 0 Å². The van der Waals surface area contributed by atoms with Crippen molar-refractivity contribution >= 4 is 0 Å². The number of hydrogen-bond donors (Lipinski definition) is 1. The van der Waals surface area contributed by atoms with Gasteiger partial charge in [-0.1, -0.05) is 38.6 Å². The maximum absolute atomic E-state index is 5.66. The molecule has 0 fully saturated rings. The molecule has 0 bridgehead atoms. The highest BCUT2D eigenvalue weighted by atomic mass is 16.5. The average Bonchev–Trinajstić information content (AvgIpc) is 2.33. The summed E-state index contributed by atoms with van der Waals surface area (Å²) in [7, 11) is 1.65. The Balaban J connectivity index is 2.88. The minimum atomic E-state index is 0.438. The molecule has 0 heterocycles. The van der Waals surface area contributed by atoms with Crippen LogP contribution in [0.15, 0.2) is 30.9 Å². The van der Waals surface area contributed by atoms with Gasteiger partial charge in [-0.2, -0.15) is 0 Å². The number of methoxy groups -OCH3 is 1. The molecule has 1 aromatic carbocycles. The Kier molecular flexibility index (Phi) is 5.57. The lowest BCUT2D eigenvalue weighted by molar-refractivity contribution is 0.321. The van der Waals surface area contributed by atoms with Crippen LogP contribution in [0.2, 0.25) is 0 Å². The smallest absolute Gasteiger partial charge is 0.166 e. The van der Waals surface area contributed by atoms with Crippen LogP contribution in [0.25, 0.3) is 0 Å². The van der Waals surface area contributed by atoms with Gasteiger partial charge in [-0.3, -0.25) is 0 Å². The zero-order valence-electron chi connectivity index (χ0n) is 10.8. The Morgan fingerprint density at radius 3 is 2.76 bits per heavy atom. The van der Waals surface area contributed by atoms with Crippen molar-refractivity contribution in [1.82, 2.24) is 5.32 Å². The summed E-state index contributed by atoms with van der Waals surface area (Å²) >= 11 is 0. The molecule has 0 aliphatic heterocycles. The monoisotopic (exact) mass is 235 g/mol. The van der Waals surface area contributed by atoms with E-state index in [1.807, 2.05) is 18.2 Å². The summed E-state index contributed by atoms with van der Waals surface area (Å²) in [5, 5.41) is 3.37. The third-order valence-electron chi connectivity index (χ3n) is 2.33. The van der Waals surface area contributed by atoms with Crippen molar-refractivity contribution in [2.75, 3.05) is 13.7 Å². The molecule has 94 valence electrons. The fourth-order valence-corrected chi connectivity index (χ4v) is 1.48. The van der Waals surface area contributed by atoms with Gasteiger partial charge in [0.2, 0.25) is 0 Å². The van der Waals surface area contributed by atoms with Crippen molar-refractivity contribution in [1.29, 1.82) is 0 Å². The minimum Gasteiger partial charge on any atom is -0.493 e. The number of rotatable bonds is 7. The predicted octanol–water partition coefficient (Wildman–Crippen LogP) is 2.76. The molecule has 0 aliphatic carbocycles. The summed E-state index contributed by atoms with van der Waals surface area (Å²) < 4.78 is 11.0. The van der Waals surface area contributed by atoms with Crippen LogP contribution in [-0.4, -0.2) is 19.8 Å². The van der Waals surface area contributed by atoms with Gasteiger partial charge in [0.1, 0.15) is 6.61 Å². The van der Waals surface area contributed by atoms with E-state index in [0.717, 1.165) is 23.6 Å². The van der Waals surface area contributed by atoms with E-state index in [1.165, 1.54) is 0 Å². The molecular weight excluding hydrogens is 214 g/mol. The van der Waals surface area contributed by atoms with Crippen LogP contribution >= 0.6 is 0 Å². The third-order valence-corrected chi connectivity index (χ3v) is 2.33. The van der Waals surface area contributed by atoms with Gasteiger partial charge in [0, 0.05) is 18.2 Å². The minimum absolute atomic E-state index is 0.438. The van der Waals surface area contributed by atoms with Gasteiger partial charge in [-0.25, -0.2) is 0 Å². The van der Waals surface area contributed by atoms with Crippen molar-refractivity contribution in [3.63, 3.8) is 0 Å². The Hall–Kier alpha value is -1.48. The standard InChI is InChI=1S/C14H21NO2/c1-5-9-17-14-12(10-15-11(2)3)7-6-8-13(14)16-4/h5-8,11,15H,1,9-10H2,2-4H3. The van der Waals surface area contributed by atoms with Crippen LogP contribution in [0.4, 0.5) is 0 Å². The SMILES string of the molecule is C=CCOc1c(CNC(C)C)cccc1OC. The van der Waals surface area contributed by atoms with E-state index in [2.05, 4.69) is 25.7 Å². The van der Waals surface area contributed by atoms with Crippen molar-refractivity contribution in [3.05, 3.63) is 36.4 Å². The molecule has 0 spiro atoms. The van der Waals surface area contributed by atoms with Gasteiger partial charge in [0.05, 0.1) is 7.11 Å². The van der Waals surface area contributed by atoms with Crippen molar-refractivity contribution < 1.29 is 9.47 Å². The molecule has 1 rings (SSSR count). The maximum atomic E-state index is 5.66. The second-order valence-electron chi connectivity index (χ2n) is 4.08. The average molecular weight is 235 g/mol. The highest BCUT2D eigenvalue weighted by molar-refractivity contribution is 5.46. The molecule has 1 aromatic rings. The van der Waals surface area contributed by atoms with E-state index in [9.17, 15) is 0 Å². The first kappa shape index (κ1) is 13.6. The molecule has 3 heteroatoms. The topological polar surface area (TPSA) is 30.5 Å². The molecule has 0 aromatic heterocycles. The molecule has 0 amide bonds. The first-order valence-corrected chi connectivity index (χ1v) is 5.82. The van der Waals surface area contributed by atoms with Gasteiger partial charge in [-0.05, 0) is 6.07 Å².